The maximum atomic E-state index is 13.4. The molecular weight excluding hydrogens is 466 g/mol. The molecule has 1 amide bonds. The lowest BCUT2D eigenvalue weighted by Gasteiger charge is -2.32. The summed E-state index contributed by atoms with van der Waals surface area (Å²) in [6.07, 6.45) is 4.41. The molecule has 1 saturated heterocycles. The number of rotatable bonds is 7. The van der Waals surface area contributed by atoms with Gasteiger partial charge in [-0.25, -0.2) is 14.6 Å². The van der Waals surface area contributed by atoms with Gasteiger partial charge in [0.25, 0.3) is 0 Å². The Morgan fingerprint density at radius 1 is 1.03 bits per heavy atom. The number of anilines is 1. The van der Waals surface area contributed by atoms with Crippen LogP contribution in [0.5, 0.6) is 0 Å². The number of pyridine rings is 1. The van der Waals surface area contributed by atoms with E-state index in [0.717, 1.165) is 19.0 Å². The van der Waals surface area contributed by atoms with Gasteiger partial charge < -0.3 is 9.84 Å². The van der Waals surface area contributed by atoms with Crippen molar-refractivity contribution < 1.29 is 19.4 Å². The molecule has 2 aromatic carbocycles. The minimum atomic E-state index is -1.03. The number of amides is 1. The Kier molecular flexibility index (Phi) is 8.04. The Morgan fingerprint density at radius 3 is 2.16 bits per heavy atom. The summed E-state index contributed by atoms with van der Waals surface area (Å²) in [5.74, 6) is -0.554. The molecule has 1 fully saturated rings. The molecule has 1 aromatic heterocycles. The van der Waals surface area contributed by atoms with E-state index < -0.39 is 17.7 Å². The number of likely N-dealkylation sites (tertiary alicyclic amines) is 1. The van der Waals surface area contributed by atoms with Crippen LogP contribution in [0.25, 0.3) is 6.08 Å². The second-order valence-electron chi connectivity index (χ2n) is 10.1. The minimum Gasteiger partial charge on any atom is -0.478 e. The standard InChI is InChI=1S/C30H33N3O4/c1-30(2,3)37-29(36)33(26-16-14-22(20-31-26)15-17-27(34)35)25-18-19-32(21-25)28(23-10-6-4-7-11-23)24-12-8-5-9-13-24/h4-17,20,25,28H,18-19,21H2,1-3H3,(H,34,35)/t25-/m1/s1. The fraction of sp³-hybridized carbons (Fsp3) is 0.300. The minimum absolute atomic E-state index is 0.0596. The molecule has 1 aliphatic heterocycles. The van der Waals surface area contributed by atoms with Gasteiger partial charge in [0.05, 0.1) is 12.1 Å². The molecule has 0 unspecified atom stereocenters. The molecule has 0 aliphatic carbocycles. The van der Waals surface area contributed by atoms with Gasteiger partial charge in [-0.05, 0) is 62.1 Å². The van der Waals surface area contributed by atoms with Gasteiger partial charge in [-0.2, -0.15) is 0 Å². The van der Waals surface area contributed by atoms with Crippen LogP contribution < -0.4 is 4.90 Å². The SMILES string of the molecule is CC(C)(C)OC(=O)N(c1ccc(C=CC(=O)O)cn1)[C@@H]1CCN(C(c2ccccc2)c2ccccc2)C1. The van der Waals surface area contributed by atoms with Gasteiger partial charge in [-0.15, -0.1) is 0 Å². The molecule has 0 saturated carbocycles. The molecule has 7 heteroatoms. The Bertz CT molecular complexity index is 1180. The van der Waals surface area contributed by atoms with Crippen LogP contribution in [0.1, 0.15) is 49.9 Å². The van der Waals surface area contributed by atoms with Gasteiger partial charge in [0.15, 0.2) is 0 Å². The average Bonchev–Trinajstić information content (AvgIpc) is 3.33. The molecule has 2 heterocycles. The van der Waals surface area contributed by atoms with E-state index in [2.05, 4.69) is 58.4 Å². The summed E-state index contributed by atoms with van der Waals surface area (Å²) in [5, 5.41) is 8.90. The third kappa shape index (κ3) is 6.83. The molecule has 7 nitrogen and oxygen atoms in total. The van der Waals surface area contributed by atoms with E-state index >= 15 is 0 Å². The number of carboxylic acid groups (broad SMARTS) is 1. The number of aliphatic carboxylic acids is 1. The molecule has 1 N–H and O–H groups in total. The zero-order chi connectivity index (χ0) is 26.4. The van der Waals surface area contributed by atoms with E-state index in [1.54, 1.807) is 23.2 Å². The van der Waals surface area contributed by atoms with Crippen LogP contribution in [0.4, 0.5) is 10.6 Å². The van der Waals surface area contributed by atoms with Gasteiger partial charge in [0, 0.05) is 25.4 Å². The predicted octanol–water partition coefficient (Wildman–Crippen LogP) is 5.78. The number of nitrogens with zero attached hydrogens (tertiary/aromatic N) is 3. The van der Waals surface area contributed by atoms with Crippen molar-refractivity contribution in [3.05, 3.63) is 102 Å². The van der Waals surface area contributed by atoms with Crippen LogP contribution in [-0.4, -0.2) is 51.8 Å². The van der Waals surface area contributed by atoms with Crippen molar-refractivity contribution in [1.82, 2.24) is 9.88 Å². The highest BCUT2D eigenvalue weighted by molar-refractivity contribution is 5.88. The van der Waals surface area contributed by atoms with Crippen molar-refractivity contribution in [3.63, 3.8) is 0 Å². The van der Waals surface area contributed by atoms with Crippen molar-refractivity contribution in [3.8, 4) is 0 Å². The highest BCUT2D eigenvalue weighted by Gasteiger charge is 2.38. The first-order valence-corrected chi connectivity index (χ1v) is 12.4. The van der Waals surface area contributed by atoms with Crippen LogP contribution in [0.15, 0.2) is 85.1 Å². The number of benzene rings is 2. The summed E-state index contributed by atoms with van der Waals surface area (Å²) in [5.41, 5.74) is 2.38. The molecule has 0 bridgehead atoms. The van der Waals surface area contributed by atoms with Gasteiger partial charge in [-0.1, -0.05) is 60.7 Å². The van der Waals surface area contributed by atoms with Gasteiger partial charge in [-0.3, -0.25) is 9.80 Å². The highest BCUT2D eigenvalue weighted by atomic mass is 16.6. The fourth-order valence-corrected chi connectivity index (χ4v) is 4.64. The fourth-order valence-electron chi connectivity index (χ4n) is 4.64. The summed E-state index contributed by atoms with van der Waals surface area (Å²) in [6.45, 7) is 6.99. The molecule has 37 heavy (non-hydrogen) atoms. The molecule has 0 spiro atoms. The van der Waals surface area contributed by atoms with Crippen molar-refractivity contribution in [2.24, 2.45) is 0 Å². The summed E-state index contributed by atoms with van der Waals surface area (Å²) >= 11 is 0. The lowest BCUT2D eigenvalue weighted by molar-refractivity contribution is -0.131. The Labute approximate surface area is 218 Å². The van der Waals surface area contributed by atoms with Crippen LogP contribution in [0.3, 0.4) is 0 Å². The Balaban J connectivity index is 1.63. The number of hydrogen-bond donors (Lipinski definition) is 1. The van der Waals surface area contributed by atoms with E-state index in [1.165, 1.54) is 17.2 Å². The first-order valence-electron chi connectivity index (χ1n) is 12.4. The van der Waals surface area contributed by atoms with Crippen molar-refractivity contribution in [1.29, 1.82) is 0 Å². The molecule has 192 valence electrons. The predicted molar refractivity (Wildman–Crippen MR) is 144 cm³/mol. The highest BCUT2D eigenvalue weighted by Crippen LogP contribution is 2.34. The lowest BCUT2D eigenvalue weighted by atomic mass is 9.97. The summed E-state index contributed by atoms with van der Waals surface area (Å²) in [7, 11) is 0. The van der Waals surface area contributed by atoms with E-state index in [4.69, 9.17) is 9.84 Å². The molecule has 0 radical (unpaired) electrons. The van der Waals surface area contributed by atoms with Crippen LogP contribution in [0, 0.1) is 0 Å². The number of carbonyl (C=O) groups excluding carboxylic acids is 1. The molecule has 1 atom stereocenters. The smallest absolute Gasteiger partial charge is 0.416 e. The Morgan fingerprint density at radius 2 is 1.65 bits per heavy atom. The van der Waals surface area contributed by atoms with Crippen molar-refractivity contribution in [2.75, 3.05) is 18.0 Å². The second-order valence-corrected chi connectivity index (χ2v) is 10.1. The third-order valence-corrected chi connectivity index (χ3v) is 6.18. The number of carbonyl (C=O) groups is 2. The first kappa shape index (κ1) is 26.1. The van der Waals surface area contributed by atoms with E-state index in [-0.39, 0.29) is 12.1 Å². The second kappa shape index (κ2) is 11.4. The first-order chi connectivity index (χ1) is 17.7. The van der Waals surface area contributed by atoms with Crippen LogP contribution in [0.2, 0.25) is 0 Å². The quantitative estimate of drug-likeness (QED) is 0.415. The van der Waals surface area contributed by atoms with Crippen LogP contribution >= 0.6 is 0 Å². The zero-order valence-corrected chi connectivity index (χ0v) is 21.4. The van der Waals surface area contributed by atoms with Gasteiger partial charge >= 0.3 is 12.1 Å². The third-order valence-electron chi connectivity index (χ3n) is 6.18. The molecule has 1 aliphatic rings. The average molecular weight is 500 g/mol. The largest absolute Gasteiger partial charge is 0.478 e. The monoisotopic (exact) mass is 499 g/mol. The summed E-state index contributed by atoms with van der Waals surface area (Å²) < 4.78 is 5.78. The van der Waals surface area contributed by atoms with E-state index in [1.807, 2.05) is 32.9 Å². The van der Waals surface area contributed by atoms with Crippen molar-refractivity contribution in [2.45, 2.75) is 44.9 Å². The molecular formula is C30H33N3O4. The number of hydrogen-bond acceptors (Lipinski definition) is 5. The maximum Gasteiger partial charge on any atom is 0.416 e. The number of carboxylic acids is 1. The zero-order valence-electron chi connectivity index (χ0n) is 21.4. The van der Waals surface area contributed by atoms with Crippen LogP contribution in [-0.2, 0) is 9.53 Å². The molecule has 4 rings (SSSR count). The number of aromatic nitrogens is 1. The van der Waals surface area contributed by atoms with E-state index in [9.17, 15) is 9.59 Å². The summed E-state index contributed by atoms with van der Waals surface area (Å²) in [4.78, 5) is 32.8. The van der Waals surface area contributed by atoms with Gasteiger partial charge in [0.1, 0.15) is 11.4 Å². The van der Waals surface area contributed by atoms with Gasteiger partial charge in [0.2, 0.25) is 0 Å². The normalized spacial score (nSPS) is 16.3. The summed E-state index contributed by atoms with van der Waals surface area (Å²) in [6, 6.07) is 24.2. The maximum absolute atomic E-state index is 13.4. The molecule has 3 aromatic rings. The lowest BCUT2D eigenvalue weighted by Crippen LogP contribution is -2.45. The topological polar surface area (TPSA) is 83.0 Å². The van der Waals surface area contributed by atoms with E-state index in [0.29, 0.717) is 17.9 Å². The Hall–Kier alpha value is -3.97. The number of ether oxygens (including phenoxy) is 1. The van der Waals surface area contributed by atoms with Crippen molar-refractivity contribution >= 4 is 24.0 Å².